The number of aliphatic hydroxyl groups excluding tert-OH is 1. The highest BCUT2D eigenvalue weighted by Gasteiger charge is 2.30. The summed E-state index contributed by atoms with van der Waals surface area (Å²) in [6, 6.07) is 3.83. The summed E-state index contributed by atoms with van der Waals surface area (Å²) in [6.45, 7) is 7.49. The first-order chi connectivity index (χ1) is 10.4. The Labute approximate surface area is 132 Å². The molecule has 0 aliphatic carbocycles. The number of hydrogen-bond acceptors (Lipinski definition) is 4. The second kappa shape index (κ2) is 7.11. The summed E-state index contributed by atoms with van der Waals surface area (Å²) >= 11 is 0. The molecule has 122 valence electrons. The van der Waals surface area contributed by atoms with Crippen molar-refractivity contribution in [2.75, 3.05) is 19.7 Å². The number of benzene rings is 1. The molecule has 1 heterocycles. The van der Waals surface area contributed by atoms with Crippen LogP contribution in [-0.2, 0) is 4.79 Å². The molecule has 0 saturated carbocycles. The van der Waals surface area contributed by atoms with Crippen molar-refractivity contribution in [1.29, 1.82) is 0 Å². The fraction of sp³-hybridized carbons (Fsp3) is 0.588. The van der Waals surface area contributed by atoms with E-state index in [1.807, 2.05) is 31.7 Å². The number of amides is 1. The first kappa shape index (κ1) is 16.8. The molecule has 22 heavy (non-hydrogen) atoms. The molecule has 1 aliphatic rings. The van der Waals surface area contributed by atoms with Crippen LogP contribution in [0.4, 0.5) is 0 Å². The van der Waals surface area contributed by atoms with E-state index in [9.17, 15) is 9.90 Å². The molecule has 5 nitrogen and oxygen atoms in total. The minimum atomic E-state index is -0.640. The summed E-state index contributed by atoms with van der Waals surface area (Å²) in [7, 11) is 0. The van der Waals surface area contributed by atoms with Crippen LogP contribution in [0.2, 0.25) is 0 Å². The van der Waals surface area contributed by atoms with Gasteiger partial charge in [0.25, 0.3) is 0 Å². The quantitative estimate of drug-likeness (QED) is 0.830. The molecule has 1 saturated heterocycles. The Morgan fingerprint density at radius 1 is 1.41 bits per heavy atom. The van der Waals surface area contributed by atoms with Crippen molar-refractivity contribution in [3.63, 3.8) is 0 Å². The Kier molecular flexibility index (Phi) is 5.42. The van der Waals surface area contributed by atoms with Gasteiger partial charge in [0.2, 0.25) is 5.91 Å². The molecule has 5 heteroatoms. The van der Waals surface area contributed by atoms with Crippen molar-refractivity contribution in [3.8, 4) is 5.75 Å². The van der Waals surface area contributed by atoms with Crippen molar-refractivity contribution in [1.82, 2.24) is 4.90 Å². The molecule has 0 aromatic heterocycles. The Bertz CT molecular complexity index is 545. The molecule has 1 amide bonds. The number of carbonyl (C=O) groups excluding carboxylic acids is 1. The predicted octanol–water partition coefficient (Wildman–Crippen LogP) is 1.30. The SMILES string of the molecule is Cc1ccc(C)c(OC[C@H](O)CN2CCC[C@H]2C(N)=O)c1C. The lowest BCUT2D eigenvalue weighted by molar-refractivity contribution is -0.122. The highest BCUT2D eigenvalue weighted by Crippen LogP contribution is 2.26. The van der Waals surface area contributed by atoms with Crippen LogP contribution in [-0.4, -0.2) is 47.8 Å². The Morgan fingerprint density at radius 2 is 2.09 bits per heavy atom. The van der Waals surface area contributed by atoms with Crippen LogP contribution in [0.25, 0.3) is 0 Å². The molecular formula is C17H26N2O3. The zero-order valence-electron chi connectivity index (χ0n) is 13.6. The first-order valence-corrected chi connectivity index (χ1v) is 7.81. The highest BCUT2D eigenvalue weighted by atomic mass is 16.5. The van der Waals surface area contributed by atoms with E-state index in [2.05, 4.69) is 6.07 Å². The monoisotopic (exact) mass is 306 g/mol. The van der Waals surface area contributed by atoms with E-state index in [1.165, 1.54) is 5.56 Å². The minimum Gasteiger partial charge on any atom is -0.490 e. The third kappa shape index (κ3) is 3.78. The molecule has 1 aromatic rings. The molecular weight excluding hydrogens is 280 g/mol. The molecule has 0 unspecified atom stereocenters. The summed E-state index contributed by atoms with van der Waals surface area (Å²) in [5.74, 6) is 0.530. The van der Waals surface area contributed by atoms with Crippen molar-refractivity contribution in [3.05, 3.63) is 28.8 Å². The molecule has 3 N–H and O–H groups in total. The smallest absolute Gasteiger partial charge is 0.234 e. The van der Waals surface area contributed by atoms with Gasteiger partial charge in [0.05, 0.1) is 6.04 Å². The maximum absolute atomic E-state index is 11.4. The maximum Gasteiger partial charge on any atom is 0.234 e. The van der Waals surface area contributed by atoms with Crippen LogP contribution in [0.15, 0.2) is 12.1 Å². The van der Waals surface area contributed by atoms with Crippen molar-refractivity contribution in [2.45, 2.75) is 45.8 Å². The van der Waals surface area contributed by atoms with Crippen molar-refractivity contribution < 1.29 is 14.6 Å². The first-order valence-electron chi connectivity index (χ1n) is 7.81. The van der Waals surface area contributed by atoms with E-state index in [0.29, 0.717) is 6.54 Å². The van der Waals surface area contributed by atoms with E-state index in [4.69, 9.17) is 10.5 Å². The van der Waals surface area contributed by atoms with Gasteiger partial charge in [-0.2, -0.15) is 0 Å². The van der Waals surface area contributed by atoms with E-state index in [-0.39, 0.29) is 18.6 Å². The topological polar surface area (TPSA) is 75.8 Å². The van der Waals surface area contributed by atoms with Gasteiger partial charge in [-0.15, -0.1) is 0 Å². The number of aryl methyl sites for hydroxylation is 2. The average Bonchev–Trinajstić information content (AvgIpc) is 2.91. The molecule has 1 aromatic carbocycles. The Hall–Kier alpha value is -1.59. The van der Waals surface area contributed by atoms with Crippen LogP contribution in [0.1, 0.15) is 29.5 Å². The number of carbonyl (C=O) groups is 1. The number of likely N-dealkylation sites (tertiary alicyclic amines) is 1. The van der Waals surface area contributed by atoms with Gasteiger partial charge in [-0.25, -0.2) is 0 Å². The number of ether oxygens (including phenoxy) is 1. The summed E-state index contributed by atoms with van der Waals surface area (Å²) in [6.07, 6.45) is 1.08. The van der Waals surface area contributed by atoms with E-state index in [0.717, 1.165) is 36.3 Å². The molecule has 0 spiro atoms. The van der Waals surface area contributed by atoms with Crippen LogP contribution in [0.5, 0.6) is 5.75 Å². The van der Waals surface area contributed by atoms with E-state index >= 15 is 0 Å². The van der Waals surface area contributed by atoms with Gasteiger partial charge < -0.3 is 15.6 Å². The van der Waals surface area contributed by atoms with Crippen LogP contribution in [0.3, 0.4) is 0 Å². The molecule has 1 fully saturated rings. The predicted molar refractivity (Wildman–Crippen MR) is 85.9 cm³/mol. The van der Waals surface area contributed by atoms with Crippen LogP contribution < -0.4 is 10.5 Å². The standard InChI is InChI=1S/C17H26N2O3/c1-11-6-7-12(2)16(13(11)3)22-10-14(20)9-19-8-4-5-15(19)17(18)21/h6-7,14-15,20H,4-5,8-10H2,1-3H3,(H2,18,21)/t14-,15+/m1/s1. The molecule has 0 radical (unpaired) electrons. The van der Waals surface area contributed by atoms with Gasteiger partial charge in [0.15, 0.2) is 0 Å². The number of β-amino-alcohol motifs (C(OH)–C–C–N with tert-alkyl or cyclic N) is 1. The van der Waals surface area contributed by atoms with Crippen molar-refractivity contribution in [2.24, 2.45) is 5.73 Å². The summed E-state index contributed by atoms with van der Waals surface area (Å²) in [5.41, 5.74) is 8.72. The number of nitrogens with zero attached hydrogens (tertiary/aromatic N) is 1. The van der Waals surface area contributed by atoms with E-state index < -0.39 is 6.10 Å². The zero-order valence-corrected chi connectivity index (χ0v) is 13.6. The second-order valence-corrected chi connectivity index (χ2v) is 6.17. The average molecular weight is 306 g/mol. The summed E-state index contributed by atoms with van der Waals surface area (Å²) < 4.78 is 5.82. The Balaban J connectivity index is 1.92. The maximum atomic E-state index is 11.4. The van der Waals surface area contributed by atoms with Gasteiger partial charge >= 0.3 is 0 Å². The lowest BCUT2D eigenvalue weighted by Crippen LogP contribution is -2.44. The lowest BCUT2D eigenvalue weighted by atomic mass is 10.1. The second-order valence-electron chi connectivity index (χ2n) is 6.17. The number of aliphatic hydroxyl groups is 1. The highest BCUT2D eigenvalue weighted by molar-refractivity contribution is 5.80. The third-order valence-electron chi connectivity index (χ3n) is 4.43. The van der Waals surface area contributed by atoms with Gasteiger partial charge in [0, 0.05) is 6.54 Å². The zero-order chi connectivity index (χ0) is 16.3. The van der Waals surface area contributed by atoms with Gasteiger partial charge in [0.1, 0.15) is 18.5 Å². The third-order valence-corrected chi connectivity index (χ3v) is 4.43. The largest absolute Gasteiger partial charge is 0.490 e. The van der Waals surface area contributed by atoms with E-state index in [1.54, 1.807) is 0 Å². The summed E-state index contributed by atoms with van der Waals surface area (Å²) in [5, 5.41) is 10.2. The number of nitrogens with two attached hydrogens (primary N) is 1. The normalized spacial score (nSPS) is 20.1. The van der Waals surface area contributed by atoms with Gasteiger partial charge in [-0.1, -0.05) is 12.1 Å². The number of primary amides is 1. The fourth-order valence-electron chi connectivity index (χ4n) is 3.02. The number of rotatable bonds is 6. The lowest BCUT2D eigenvalue weighted by Gasteiger charge is -2.25. The molecule has 2 atom stereocenters. The molecule has 0 bridgehead atoms. The summed E-state index contributed by atoms with van der Waals surface area (Å²) in [4.78, 5) is 13.3. The van der Waals surface area contributed by atoms with Gasteiger partial charge in [-0.05, 0) is 56.8 Å². The fourth-order valence-corrected chi connectivity index (χ4v) is 3.02. The van der Waals surface area contributed by atoms with Crippen molar-refractivity contribution >= 4 is 5.91 Å². The molecule has 1 aliphatic heterocycles. The molecule has 2 rings (SSSR count). The number of hydrogen-bond donors (Lipinski definition) is 2. The van der Waals surface area contributed by atoms with Crippen LogP contribution in [0, 0.1) is 20.8 Å². The van der Waals surface area contributed by atoms with Crippen LogP contribution >= 0.6 is 0 Å². The minimum absolute atomic E-state index is 0.215. The van der Waals surface area contributed by atoms with Gasteiger partial charge in [-0.3, -0.25) is 9.69 Å². The Morgan fingerprint density at radius 3 is 2.77 bits per heavy atom.